The SMILES string of the molecule is C=C(/C=C\C(=C)C(=N)/N=C(\C=C\c1ccc(-c2ccccc2)cc1)c1ccc(C2C=CC=CC2)cc1)C(=N)/C=C\c1ccc2cccnc2c1. The van der Waals surface area contributed by atoms with Gasteiger partial charge in [0.05, 0.1) is 16.9 Å². The predicted molar refractivity (Wildman–Crippen MR) is 213 cm³/mol. The summed E-state index contributed by atoms with van der Waals surface area (Å²) >= 11 is 0. The molecule has 1 aliphatic carbocycles. The van der Waals surface area contributed by atoms with Crippen molar-refractivity contribution in [1.82, 2.24) is 4.98 Å². The molecule has 6 rings (SSSR count). The molecule has 0 spiro atoms. The lowest BCUT2D eigenvalue weighted by Gasteiger charge is -2.14. The number of pyridine rings is 1. The van der Waals surface area contributed by atoms with Crippen molar-refractivity contribution in [3.05, 3.63) is 211 Å². The summed E-state index contributed by atoms with van der Waals surface area (Å²) in [6.07, 6.45) is 22.3. The molecule has 1 heterocycles. The van der Waals surface area contributed by atoms with Crippen LogP contribution in [0.25, 0.3) is 34.2 Å². The summed E-state index contributed by atoms with van der Waals surface area (Å²) in [6.45, 7) is 8.14. The zero-order chi connectivity index (χ0) is 34.7. The maximum absolute atomic E-state index is 8.80. The van der Waals surface area contributed by atoms with E-state index < -0.39 is 0 Å². The van der Waals surface area contributed by atoms with Gasteiger partial charge in [0.2, 0.25) is 0 Å². The second kappa shape index (κ2) is 16.1. The quantitative estimate of drug-likeness (QED) is 0.0836. The van der Waals surface area contributed by atoms with Gasteiger partial charge in [-0.25, -0.2) is 4.99 Å². The van der Waals surface area contributed by atoms with E-state index in [0.29, 0.717) is 22.8 Å². The first-order valence-corrected chi connectivity index (χ1v) is 16.6. The van der Waals surface area contributed by atoms with Crippen molar-refractivity contribution in [1.29, 1.82) is 10.8 Å². The number of aromatic nitrogens is 1. The maximum atomic E-state index is 8.80. The largest absolute Gasteiger partial charge is 0.300 e. The molecule has 1 aromatic heterocycles. The van der Waals surface area contributed by atoms with Crippen LogP contribution in [0.15, 0.2) is 193 Å². The molecule has 242 valence electrons. The van der Waals surface area contributed by atoms with Gasteiger partial charge in [-0.15, -0.1) is 0 Å². The number of hydrogen-bond acceptors (Lipinski definition) is 3. The smallest absolute Gasteiger partial charge is 0.151 e. The van der Waals surface area contributed by atoms with E-state index in [9.17, 15) is 0 Å². The minimum absolute atomic E-state index is 0.0308. The fourth-order valence-corrected chi connectivity index (χ4v) is 5.56. The average Bonchev–Trinajstić information content (AvgIpc) is 3.18. The van der Waals surface area contributed by atoms with Crippen LogP contribution in [0.4, 0.5) is 0 Å². The topological polar surface area (TPSA) is 73.0 Å². The van der Waals surface area contributed by atoms with Crippen LogP contribution in [0.1, 0.15) is 34.6 Å². The molecule has 0 amide bonds. The summed E-state index contributed by atoms with van der Waals surface area (Å²) in [5.74, 6) is 0.380. The molecule has 0 bridgehead atoms. The van der Waals surface area contributed by atoms with E-state index in [2.05, 4.69) is 103 Å². The third kappa shape index (κ3) is 8.68. The van der Waals surface area contributed by atoms with Gasteiger partial charge >= 0.3 is 0 Å². The molecule has 1 aliphatic rings. The van der Waals surface area contributed by atoms with E-state index >= 15 is 0 Å². The van der Waals surface area contributed by atoms with E-state index in [1.165, 1.54) is 11.1 Å². The van der Waals surface area contributed by atoms with Crippen LogP contribution in [0, 0.1) is 10.8 Å². The van der Waals surface area contributed by atoms with Crippen LogP contribution in [0.5, 0.6) is 0 Å². The molecule has 2 N–H and O–H groups in total. The number of allylic oxidation sites excluding steroid dienone is 8. The molecule has 0 radical (unpaired) electrons. The Hall–Kier alpha value is -6.52. The second-order valence-corrected chi connectivity index (χ2v) is 12.0. The average molecular weight is 647 g/mol. The Labute approximate surface area is 294 Å². The van der Waals surface area contributed by atoms with E-state index in [1.54, 1.807) is 24.4 Å². The monoisotopic (exact) mass is 646 g/mol. The number of rotatable bonds is 11. The third-order valence-corrected chi connectivity index (χ3v) is 8.51. The first-order chi connectivity index (χ1) is 24.4. The van der Waals surface area contributed by atoms with Crippen molar-refractivity contribution in [2.75, 3.05) is 0 Å². The normalized spacial score (nSPS) is 14.6. The molecule has 0 saturated carbocycles. The van der Waals surface area contributed by atoms with Crippen LogP contribution in [0.2, 0.25) is 0 Å². The van der Waals surface area contributed by atoms with Gasteiger partial charge in [-0.3, -0.25) is 10.4 Å². The zero-order valence-electron chi connectivity index (χ0n) is 27.8. The summed E-state index contributed by atoms with van der Waals surface area (Å²) in [4.78, 5) is 9.13. The molecule has 0 aliphatic heterocycles. The van der Waals surface area contributed by atoms with E-state index in [1.807, 2.05) is 66.8 Å². The Kier molecular flexibility index (Phi) is 10.7. The Morgan fingerprint density at radius 3 is 2.18 bits per heavy atom. The molecule has 1 atom stereocenters. The maximum Gasteiger partial charge on any atom is 0.151 e. The van der Waals surface area contributed by atoms with E-state index in [-0.39, 0.29) is 11.5 Å². The number of aliphatic imine (C=N–C) groups is 1. The van der Waals surface area contributed by atoms with Crippen LogP contribution in [-0.4, -0.2) is 22.2 Å². The van der Waals surface area contributed by atoms with Crippen LogP contribution < -0.4 is 0 Å². The first kappa shape index (κ1) is 33.4. The second-order valence-electron chi connectivity index (χ2n) is 12.0. The van der Waals surface area contributed by atoms with Crippen molar-refractivity contribution in [3.8, 4) is 11.1 Å². The third-order valence-electron chi connectivity index (χ3n) is 8.51. The highest BCUT2D eigenvalue weighted by Crippen LogP contribution is 2.25. The Bertz CT molecular complexity index is 2230. The highest BCUT2D eigenvalue weighted by atomic mass is 14.8. The molecule has 0 fully saturated rings. The van der Waals surface area contributed by atoms with Gasteiger partial charge in [-0.2, -0.15) is 0 Å². The summed E-state index contributed by atoms with van der Waals surface area (Å²) < 4.78 is 0. The standard InChI is InChI=1S/C46H38N4/c1-33(43(47)29-20-36-19-24-41-14-9-31-49-45(41)32-36)15-16-34(2)46(48)50-44(42-27-25-40(26-28-42)38-12-7-4-8-13-38)30-21-35-17-22-39(23-18-35)37-10-5-3-6-11-37/h3-12,14-32,38,47-48H,1-2,13H2/b16-15-,29-20-,30-21+,47-43?,48-46?,50-44+. The minimum atomic E-state index is 0.0308. The van der Waals surface area contributed by atoms with Gasteiger partial charge in [-0.05, 0) is 64.1 Å². The highest BCUT2D eigenvalue weighted by Gasteiger charge is 2.10. The van der Waals surface area contributed by atoms with Gasteiger partial charge in [0, 0.05) is 28.6 Å². The van der Waals surface area contributed by atoms with E-state index in [0.717, 1.165) is 39.6 Å². The van der Waals surface area contributed by atoms with Gasteiger partial charge < -0.3 is 5.41 Å². The van der Waals surface area contributed by atoms with Gasteiger partial charge in [-0.1, -0.05) is 159 Å². The molecular formula is C46H38N4. The van der Waals surface area contributed by atoms with Crippen LogP contribution in [-0.2, 0) is 0 Å². The molecular weight excluding hydrogens is 609 g/mol. The summed E-state index contributed by atoms with van der Waals surface area (Å²) in [7, 11) is 0. The molecule has 50 heavy (non-hydrogen) atoms. The fraction of sp³-hybridized carbons (Fsp3) is 0.0435. The lowest BCUT2D eigenvalue weighted by atomic mass is 9.91. The first-order valence-electron chi connectivity index (χ1n) is 16.6. The summed E-state index contributed by atoms with van der Waals surface area (Å²) in [5, 5.41) is 18.4. The Morgan fingerprint density at radius 2 is 1.42 bits per heavy atom. The van der Waals surface area contributed by atoms with Gasteiger partial charge in [0.25, 0.3) is 0 Å². The number of benzene rings is 4. The lowest BCUT2D eigenvalue weighted by molar-refractivity contribution is 0.854. The molecule has 4 heteroatoms. The fourth-order valence-electron chi connectivity index (χ4n) is 5.56. The van der Waals surface area contributed by atoms with Crippen LogP contribution in [0.3, 0.4) is 0 Å². The zero-order valence-corrected chi connectivity index (χ0v) is 27.8. The Balaban J connectivity index is 1.17. The predicted octanol–water partition coefficient (Wildman–Crippen LogP) is 11.4. The van der Waals surface area contributed by atoms with Crippen molar-refractivity contribution in [2.45, 2.75) is 12.3 Å². The van der Waals surface area contributed by atoms with E-state index in [4.69, 9.17) is 15.8 Å². The summed E-state index contributed by atoms with van der Waals surface area (Å²) in [5.41, 5.74) is 9.18. The van der Waals surface area contributed by atoms with Crippen molar-refractivity contribution in [2.24, 2.45) is 4.99 Å². The number of amidine groups is 1. The van der Waals surface area contributed by atoms with Crippen molar-refractivity contribution < 1.29 is 0 Å². The summed E-state index contributed by atoms with van der Waals surface area (Å²) in [6, 6.07) is 37.0. The molecule has 4 aromatic carbocycles. The number of fused-ring (bicyclic) bond motifs is 1. The van der Waals surface area contributed by atoms with Crippen molar-refractivity contribution in [3.63, 3.8) is 0 Å². The number of nitrogens with zero attached hydrogens (tertiary/aromatic N) is 2. The molecule has 1 unspecified atom stereocenters. The molecule has 5 aromatic rings. The lowest BCUT2D eigenvalue weighted by Crippen LogP contribution is -2.04. The number of nitrogens with one attached hydrogen (secondary N) is 2. The molecule has 0 saturated heterocycles. The highest BCUT2D eigenvalue weighted by molar-refractivity contribution is 6.18. The van der Waals surface area contributed by atoms with Crippen LogP contribution >= 0.6 is 0 Å². The van der Waals surface area contributed by atoms with Gasteiger partial charge in [0.1, 0.15) is 0 Å². The van der Waals surface area contributed by atoms with Gasteiger partial charge in [0.15, 0.2) is 5.84 Å². The number of hydrogen-bond donors (Lipinski definition) is 2. The van der Waals surface area contributed by atoms with Crippen molar-refractivity contribution >= 4 is 40.3 Å². The molecule has 4 nitrogen and oxygen atoms in total. The minimum Gasteiger partial charge on any atom is -0.300 e. The Morgan fingerprint density at radius 1 is 0.700 bits per heavy atom.